The Kier molecular flexibility index (Phi) is 6.01. The molecule has 2 heterocycles. The van der Waals surface area contributed by atoms with Crippen LogP contribution in [0.1, 0.15) is 0 Å². The average Bonchev–Trinajstić information content (AvgIpc) is 2.98. The molecule has 0 fully saturated rings. The van der Waals surface area contributed by atoms with E-state index < -0.39 is 0 Å². The molecule has 176 valence electrons. The molecule has 0 unspecified atom stereocenters. The lowest BCUT2D eigenvalue weighted by molar-refractivity contribution is 0.628. The molecule has 4 nitrogen and oxygen atoms in total. The van der Waals surface area contributed by atoms with E-state index in [2.05, 4.69) is 0 Å². The summed E-state index contributed by atoms with van der Waals surface area (Å²) in [6, 6.07) is 40.1. The number of pyridine rings is 1. The summed E-state index contributed by atoms with van der Waals surface area (Å²) in [5.74, 6) is 1.44. The lowest BCUT2D eigenvalue weighted by Crippen LogP contribution is -2.01. The summed E-state index contributed by atoms with van der Waals surface area (Å²) in [7, 11) is 0. The second-order valence-electron chi connectivity index (χ2n) is 8.53. The van der Waals surface area contributed by atoms with E-state index in [1.807, 2.05) is 109 Å². The fourth-order valence-electron chi connectivity index (χ4n) is 4.14. The average molecular weight is 481 g/mol. The number of rotatable bonds is 5. The van der Waals surface area contributed by atoms with E-state index in [4.69, 9.17) is 19.9 Å². The zero-order valence-electron chi connectivity index (χ0n) is 19.8. The van der Waals surface area contributed by atoms with Crippen molar-refractivity contribution in [3.8, 4) is 56.7 Å². The zero-order valence-corrected chi connectivity index (χ0v) is 19.8. The molecule has 0 saturated heterocycles. The minimum Gasteiger partial charge on any atom is -0.244 e. The molecular formula is C32H21FN4. The van der Waals surface area contributed by atoms with E-state index in [0.29, 0.717) is 23.2 Å². The minimum absolute atomic E-state index is 0.252. The van der Waals surface area contributed by atoms with Gasteiger partial charge in [-0.05, 0) is 35.4 Å². The van der Waals surface area contributed by atoms with Gasteiger partial charge in [0.15, 0.2) is 17.5 Å². The van der Waals surface area contributed by atoms with Gasteiger partial charge in [-0.3, -0.25) is 0 Å². The molecule has 6 aromatic rings. The maximum Gasteiger partial charge on any atom is 0.182 e. The Morgan fingerprint density at radius 1 is 0.351 bits per heavy atom. The first-order chi connectivity index (χ1) is 18.2. The number of hydrogen-bond acceptors (Lipinski definition) is 4. The predicted molar refractivity (Wildman–Crippen MR) is 145 cm³/mol. The van der Waals surface area contributed by atoms with Crippen molar-refractivity contribution in [1.82, 2.24) is 19.9 Å². The van der Waals surface area contributed by atoms with Gasteiger partial charge < -0.3 is 0 Å². The number of hydrogen-bond donors (Lipinski definition) is 0. The third-order valence-electron chi connectivity index (χ3n) is 6.02. The molecule has 5 heteroatoms. The first kappa shape index (κ1) is 22.4. The molecule has 0 aliphatic heterocycles. The van der Waals surface area contributed by atoms with Crippen LogP contribution in [0.3, 0.4) is 0 Å². The molecule has 37 heavy (non-hydrogen) atoms. The molecule has 0 bridgehead atoms. The molecule has 6 rings (SSSR count). The monoisotopic (exact) mass is 480 g/mol. The Morgan fingerprint density at radius 2 is 0.865 bits per heavy atom. The number of nitrogens with zero attached hydrogens (tertiary/aromatic N) is 4. The molecule has 0 amide bonds. The first-order valence-corrected chi connectivity index (χ1v) is 11.9. The molecule has 0 saturated carbocycles. The Bertz CT molecular complexity index is 1610. The van der Waals surface area contributed by atoms with Crippen LogP contribution in [0.15, 0.2) is 127 Å². The van der Waals surface area contributed by atoms with Gasteiger partial charge in [0.1, 0.15) is 11.5 Å². The van der Waals surface area contributed by atoms with Crippen molar-refractivity contribution in [2.75, 3.05) is 0 Å². The summed E-state index contributed by atoms with van der Waals surface area (Å²) in [5.41, 5.74) is 5.99. The van der Waals surface area contributed by atoms with Crippen molar-refractivity contribution in [3.05, 3.63) is 133 Å². The van der Waals surface area contributed by atoms with Gasteiger partial charge in [-0.1, -0.05) is 103 Å². The normalized spacial score (nSPS) is 10.8. The van der Waals surface area contributed by atoms with Crippen molar-refractivity contribution in [2.24, 2.45) is 0 Å². The van der Waals surface area contributed by atoms with Gasteiger partial charge >= 0.3 is 0 Å². The Labute approximate surface area is 214 Å². The van der Waals surface area contributed by atoms with Crippen LogP contribution in [0.5, 0.6) is 0 Å². The Balaban J connectivity index is 1.40. The lowest BCUT2D eigenvalue weighted by Gasteiger charge is -2.09. The van der Waals surface area contributed by atoms with Gasteiger partial charge in [-0.25, -0.2) is 24.3 Å². The van der Waals surface area contributed by atoms with Crippen LogP contribution >= 0.6 is 0 Å². The van der Waals surface area contributed by atoms with Crippen LogP contribution in [0.25, 0.3) is 56.7 Å². The van der Waals surface area contributed by atoms with E-state index in [1.54, 1.807) is 6.07 Å². The van der Waals surface area contributed by atoms with Gasteiger partial charge in [0.25, 0.3) is 0 Å². The fraction of sp³-hybridized carbons (Fsp3) is 0. The van der Waals surface area contributed by atoms with Crippen molar-refractivity contribution in [2.45, 2.75) is 0 Å². The van der Waals surface area contributed by atoms with E-state index in [0.717, 1.165) is 33.5 Å². The number of halogens is 1. The van der Waals surface area contributed by atoms with Gasteiger partial charge in [0.05, 0.1) is 5.69 Å². The van der Waals surface area contributed by atoms with E-state index in [1.165, 1.54) is 12.1 Å². The van der Waals surface area contributed by atoms with Crippen LogP contribution in [-0.4, -0.2) is 19.9 Å². The summed E-state index contributed by atoms with van der Waals surface area (Å²) in [5, 5.41) is 0. The molecule has 4 aromatic carbocycles. The third kappa shape index (κ3) is 4.88. The second kappa shape index (κ2) is 9.91. The topological polar surface area (TPSA) is 51.6 Å². The van der Waals surface area contributed by atoms with Crippen LogP contribution < -0.4 is 0 Å². The van der Waals surface area contributed by atoms with Crippen LogP contribution in [0.2, 0.25) is 0 Å². The smallest absolute Gasteiger partial charge is 0.182 e. The van der Waals surface area contributed by atoms with Crippen molar-refractivity contribution < 1.29 is 4.39 Å². The van der Waals surface area contributed by atoms with Crippen molar-refractivity contribution in [3.63, 3.8) is 0 Å². The third-order valence-corrected chi connectivity index (χ3v) is 6.02. The summed E-state index contributed by atoms with van der Waals surface area (Å²) >= 11 is 0. The highest BCUT2D eigenvalue weighted by Gasteiger charge is 2.13. The second-order valence-corrected chi connectivity index (χ2v) is 8.53. The highest BCUT2D eigenvalue weighted by molar-refractivity contribution is 5.71. The maximum absolute atomic E-state index is 13.6. The molecule has 0 aliphatic rings. The summed E-state index contributed by atoms with van der Waals surface area (Å²) < 4.78 is 13.6. The van der Waals surface area contributed by atoms with Gasteiger partial charge in [-0.15, -0.1) is 0 Å². The zero-order chi connectivity index (χ0) is 25.0. The molecule has 0 N–H and O–H groups in total. The largest absolute Gasteiger partial charge is 0.244 e. The molecular weight excluding hydrogens is 459 g/mol. The Hall–Kier alpha value is -5.03. The molecule has 0 aliphatic carbocycles. The van der Waals surface area contributed by atoms with Gasteiger partial charge in [0.2, 0.25) is 0 Å². The fourth-order valence-corrected chi connectivity index (χ4v) is 4.14. The van der Waals surface area contributed by atoms with Crippen LogP contribution in [0.4, 0.5) is 4.39 Å². The summed E-state index contributed by atoms with van der Waals surface area (Å²) in [4.78, 5) is 19.2. The highest BCUT2D eigenvalue weighted by Crippen LogP contribution is 2.27. The van der Waals surface area contributed by atoms with Gasteiger partial charge in [-0.2, -0.15) is 0 Å². The molecule has 0 spiro atoms. The minimum atomic E-state index is -0.252. The molecule has 0 radical (unpaired) electrons. The highest BCUT2D eigenvalue weighted by atomic mass is 19.1. The van der Waals surface area contributed by atoms with Gasteiger partial charge in [0, 0.05) is 16.7 Å². The Morgan fingerprint density at radius 3 is 1.49 bits per heavy atom. The van der Waals surface area contributed by atoms with Crippen LogP contribution in [-0.2, 0) is 0 Å². The van der Waals surface area contributed by atoms with Crippen molar-refractivity contribution >= 4 is 0 Å². The van der Waals surface area contributed by atoms with E-state index >= 15 is 0 Å². The van der Waals surface area contributed by atoms with Crippen LogP contribution in [0, 0.1) is 5.82 Å². The lowest BCUT2D eigenvalue weighted by atomic mass is 10.0. The predicted octanol–water partition coefficient (Wildman–Crippen LogP) is 7.74. The SMILES string of the molecule is Fc1cccc(-c2ccc(-c3cccc(-c4nc(-c5ccccc5)nc(-c5ccccc5)n4)n3)cc2)c1. The molecule has 2 aromatic heterocycles. The van der Waals surface area contributed by atoms with E-state index in [-0.39, 0.29) is 5.82 Å². The quantitative estimate of drug-likeness (QED) is 0.253. The number of benzene rings is 4. The molecule has 0 atom stereocenters. The number of aromatic nitrogens is 4. The summed E-state index contributed by atoms with van der Waals surface area (Å²) in [6.07, 6.45) is 0. The van der Waals surface area contributed by atoms with Crippen molar-refractivity contribution in [1.29, 1.82) is 0 Å². The summed E-state index contributed by atoms with van der Waals surface area (Å²) in [6.45, 7) is 0. The standard InChI is InChI=1S/C32H21FN4/c33-27-14-7-13-26(21-27)22-17-19-23(20-18-22)28-15-8-16-29(34-28)32-36-30(24-9-3-1-4-10-24)35-31(37-32)25-11-5-2-6-12-25/h1-21H. The maximum atomic E-state index is 13.6. The first-order valence-electron chi connectivity index (χ1n) is 11.9. The van der Waals surface area contributed by atoms with E-state index in [9.17, 15) is 4.39 Å².